The van der Waals surface area contributed by atoms with Crippen molar-refractivity contribution in [2.75, 3.05) is 26.2 Å². The fourth-order valence-corrected chi connectivity index (χ4v) is 2.89. The van der Waals surface area contributed by atoms with Crippen LogP contribution in [0.4, 0.5) is 18.0 Å². The molecule has 9 heteroatoms. The number of ether oxygens (including phenoxy) is 1. The van der Waals surface area contributed by atoms with Crippen LogP contribution in [-0.4, -0.2) is 54.7 Å². The first kappa shape index (κ1) is 22.0. The summed E-state index contributed by atoms with van der Waals surface area (Å²) in [5.41, 5.74) is -0.891. The summed E-state index contributed by atoms with van der Waals surface area (Å²) in [6.45, 7) is 7.42. The third-order valence-electron chi connectivity index (χ3n) is 4.17. The van der Waals surface area contributed by atoms with Gasteiger partial charge < -0.3 is 20.3 Å². The second kappa shape index (κ2) is 9.27. The summed E-state index contributed by atoms with van der Waals surface area (Å²) >= 11 is 0. The molecule has 2 amide bonds. The Morgan fingerprint density at radius 2 is 1.75 bits per heavy atom. The van der Waals surface area contributed by atoms with Crippen molar-refractivity contribution >= 4 is 12.0 Å². The molecule has 0 radical (unpaired) electrons. The van der Waals surface area contributed by atoms with Crippen LogP contribution in [0.1, 0.15) is 32.8 Å². The van der Waals surface area contributed by atoms with E-state index in [1.807, 2.05) is 0 Å². The molecule has 156 valence electrons. The van der Waals surface area contributed by atoms with Crippen molar-refractivity contribution in [3.63, 3.8) is 0 Å². The number of alkyl carbamates (subject to hydrolysis) is 1. The Morgan fingerprint density at radius 3 is 2.36 bits per heavy atom. The van der Waals surface area contributed by atoms with Crippen molar-refractivity contribution in [3.8, 4) is 0 Å². The minimum Gasteiger partial charge on any atom is -0.444 e. The summed E-state index contributed by atoms with van der Waals surface area (Å²) < 4.78 is 45.9. The second-order valence-electron chi connectivity index (χ2n) is 7.74. The van der Waals surface area contributed by atoms with Gasteiger partial charge in [-0.2, -0.15) is 0 Å². The Bertz CT molecular complexity index is 716. The van der Waals surface area contributed by atoms with Crippen molar-refractivity contribution in [3.05, 3.63) is 35.1 Å². The van der Waals surface area contributed by atoms with Crippen molar-refractivity contribution in [2.45, 2.75) is 45.3 Å². The Labute approximate surface area is 162 Å². The highest BCUT2D eigenvalue weighted by Crippen LogP contribution is 2.17. The second-order valence-corrected chi connectivity index (χ2v) is 7.74. The minimum absolute atomic E-state index is 0.113. The van der Waals surface area contributed by atoms with E-state index in [0.717, 1.165) is 6.07 Å². The van der Waals surface area contributed by atoms with Crippen LogP contribution < -0.4 is 10.6 Å². The quantitative estimate of drug-likeness (QED) is 0.744. The van der Waals surface area contributed by atoms with Gasteiger partial charge in [-0.25, -0.2) is 18.0 Å². The number of hydrogen-bond donors (Lipinski definition) is 2. The molecular weight excluding hydrogens is 375 g/mol. The highest BCUT2D eigenvalue weighted by molar-refractivity contribution is 5.78. The maximum Gasteiger partial charge on any atom is 0.407 e. The van der Waals surface area contributed by atoms with Gasteiger partial charge in [-0.1, -0.05) is 0 Å². The van der Waals surface area contributed by atoms with Crippen LogP contribution in [0.15, 0.2) is 12.1 Å². The van der Waals surface area contributed by atoms with Crippen LogP contribution in [0.5, 0.6) is 0 Å². The number of hydrogen-bond acceptors (Lipinski definition) is 4. The molecule has 1 aliphatic rings. The predicted molar refractivity (Wildman–Crippen MR) is 97.2 cm³/mol. The maximum absolute atomic E-state index is 14.0. The lowest BCUT2D eigenvalue weighted by Crippen LogP contribution is -2.49. The standard InChI is InChI=1S/C19H26F3N3O3/c1-19(2,3)28-18(27)24-13(10-17(26)25-6-4-23-5-7-25)8-12-9-15(21)16(22)11-14(12)20/h9,11,13,23H,4-8,10H2,1-3H3,(H,24,27)/t13-/m1/s1. The molecule has 1 fully saturated rings. The average Bonchev–Trinajstić information content (AvgIpc) is 2.58. The van der Waals surface area contributed by atoms with E-state index in [2.05, 4.69) is 10.6 Å². The molecule has 1 saturated heterocycles. The number of nitrogens with one attached hydrogen (secondary N) is 2. The number of nitrogens with zero attached hydrogens (tertiary/aromatic N) is 1. The van der Waals surface area contributed by atoms with E-state index in [-0.39, 0.29) is 24.3 Å². The number of carbonyl (C=O) groups is 2. The van der Waals surface area contributed by atoms with Gasteiger partial charge in [0.2, 0.25) is 5.91 Å². The number of rotatable bonds is 5. The Kier molecular flexibility index (Phi) is 7.29. The zero-order valence-corrected chi connectivity index (χ0v) is 16.3. The topological polar surface area (TPSA) is 70.7 Å². The molecule has 0 spiro atoms. The van der Waals surface area contributed by atoms with Gasteiger partial charge >= 0.3 is 6.09 Å². The van der Waals surface area contributed by atoms with E-state index in [4.69, 9.17) is 4.74 Å². The summed E-state index contributed by atoms with van der Waals surface area (Å²) in [5, 5.41) is 5.68. The van der Waals surface area contributed by atoms with Gasteiger partial charge in [0.15, 0.2) is 11.6 Å². The van der Waals surface area contributed by atoms with Crippen molar-refractivity contribution in [1.29, 1.82) is 0 Å². The van der Waals surface area contributed by atoms with Gasteiger partial charge in [0, 0.05) is 44.7 Å². The lowest BCUT2D eigenvalue weighted by Gasteiger charge is -2.29. The fourth-order valence-electron chi connectivity index (χ4n) is 2.89. The number of benzene rings is 1. The summed E-state index contributed by atoms with van der Waals surface area (Å²) in [6.07, 6.45) is -1.06. The number of carbonyl (C=O) groups excluding carboxylic acids is 2. The molecule has 1 aliphatic heterocycles. The smallest absolute Gasteiger partial charge is 0.407 e. The van der Waals surface area contributed by atoms with Crippen LogP contribution >= 0.6 is 0 Å². The van der Waals surface area contributed by atoms with Crippen LogP contribution in [0, 0.1) is 17.5 Å². The van der Waals surface area contributed by atoms with Crippen LogP contribution in [-0.2, 0) is 16.0 Å². The molecule has 1 heterocycles. The third kappa shape index (κ3) is 6.70. The monoisotopic (exact) mass is 401 g/mol. The number of halogens is 3. The van der Waals surface area contributed by atoms with Gasteiger partial charge in [0.25, 0.3) is 0 Å². The van der Waals surface area contributed by atoms with E-state index >= 15 is 0 Å². The Morgan fingerprint density at radius 1 is 1.14 bits per heavy atom. The fraction of sp³-hybridized carbons (Fsp3) is 0.579. The molecule has 6 nitrogen and oxygen atoms in total. The van der Waals surface area contributed by atoms with Gasteiger partial charge in [-0.3, -0.25) is 4.79 Å². The summed E-state index contributed by atoms with van der Waals surface area (Å²) in [6, 6.07) is 0.355. The maximum atomic E-state index is 14.0. The first-order valence-corrected chi connectivity index (χ1v) is 9.16. The highest BCUT2D eigenvalue weighted by Gasteiger charge is 2.26. The molecular formula is C19H26F3N3O3. The molecule has 1 aromatic rings. The van der Waals surface area contributed by atoms with Gasteiger partial charge in [0.1, 0.15) is 11.4 Å². The van der Waals surface area contributed by atoms with E-state index < -0.39 is 35.2 Å². The molecule has 0 bridgehead atoms. The summed E-state index contributed by atoms with van der Waals surface area (Å²) in [7, 11) is 0. The summed E-state index contributed by atoms with van der Waals surface area (Å²) in [5.74, 6) is -3.65. The van der Waals surface area contributed by atoms with Crippen molar-refractivity contribution in [1.82, 2.24) is 15.5 Å². The zero-order valence-electron chi connectivity index (χ0n) is 16.3. The lowest BCUT2D eigenvalue weighted by atomic mass is 10.0. The SMILES string of the molecule is CC(C)(C)OC(=O)N[C@@H](CC(=O)N1CCNCC1)Cc1cc(F)c(F)cc1F. The van der Waals surface area contributed by atoms with Crippen LogP contribution in [0.3, 0.4) is 0 Å². The lowest BCUT2D eigenvalue weighted by molar-refractivity contribution is -0.132. The Hall–Kier alpha value is -2.29. The molecule has 28 heavy (non-hydrogen) atoms. The number of amides is 2. The molecule has 2 rings (SSSR count). The zero-order chi connectivity index (χ0) is 20.9. The van der Waals surface area contributed by atoms with Crippen LogP contribution in [0.25, 0.3) is 0 Å². The molecule has 0 aromatic heterocycles. The normalized spacial score (nSPS) is 15.9. The molecule has 0 saturated carbocycles. The Balaban J connectivity index is 2.14. The van der Waals surface area contributed by atoms with Crippen molar-refractivity contribution < 1.29 is 27.5 Å². The van der Waals surface area contributed by atoms with E-state index in [1.54, 1.807) is 25.7 Å². The van der Waals surface area contributed by atoms with E-state index in [9.17, 15) is 22.8 Å². The first-order valence-electron chi connectivity index (χ1n) is 9.16. The van der Waals surface area contributed by atoms with Gasteiger partial charge in [-0.05, 0) is 38.8 Å². The average molecular weight is 401 g/mol. The minimum atomic E-state index is -1.30. The highest BCUT2D eigenvalue weighted by atomic mass is 19.2. The first-order chi connectivity index (χ1) is 13.0. The predicted octanol–water partition coefficient (Wildman–Crippen LogP) is 2.36. The number of piperazine rings is 1. The third-order valence-corrected chi connectivity index (χ3v) is 4.17. The largest absolute Gasteiger partial charge is 0.444 e. The van der Waals surface area contributed by atoms with Gasteiger partial charge in [-0.15, -0.1) is 0 Å². The molecule has 2 N–H and O–H groups in total. The molecule has 1 aromatic carbocycles. The van der Waals surface area contributed by atoms with E-state index in [1.165, 1.54) is 0 Å². The van der Waals surface area contributed by atoms with E-state index in [0.29, 0.717) is 32.2 Å². The summed E-state index contributed by atoms with van der Waals surface area (Å²) in [4.78, 5) is 26.3. The van der Waals surface area contributed by atoms with Crippen LogP contribution in [0.2, 0.25) is 0 Å². The molecule has 0 aliphatic carbocycles. The van der Waals surface area contributed by atoms with Gasteiger partial charge in [0.05, 0.1) is 0 Å². The van der Waals surface area contributed by atoms with Crippen molar-refractivity contribution in [2.24, 2.45) is 0 Å². The molecule has 0 unspecified atom stereocenters. The molecule has 1 atom stereocenters.